The van der Waals surface area contributed by atoms with Crippen LogP contribution in [0.4, 0.5) is 0 Å². The molecule has 0 saturated carbocycles. The predicted molar refractivity (Wildman–Crippen MR) is 61.5 cm³/mol. The SMILES string of the molecule is CCCSc1ccc(C(=O)COC)s1. The van der Waals surface area contributed by atoms with E-state index < -0.39 is 0 Å². The lowest BCUT2D eigenvalue weighted by molar-refractivity contribution is 0.0852. The molecule has 0 N–H and O–H groups in total. The summed E-state index contributed by atoms with van der Waals surface area (Å²) in [7, 11) is 1.54. The topological polar surface area (TPSA) is 26.3 Å². The van der Waals surface area contributed by atoms with Crippen LogP contribution >= 0.6 is 23.1 Å². The average molecular weight is 230 g/mol. The zero-order valence-electron chi connectivity index (χ0n) is 8.41. The summed E-state index contributed by atoms with van der Waals surface area (Å²) in [6, 6.07) is 3.89. The molecule has 0 aliphatic carbocycles. The summed E-state index contributed by atoms with van der Waals surface area (Å²) in [6.07, 6.45) is 1.16. The number of Topliss-reactive ketones (excluding diaryl/α,β-unsaturated/α-hetero) is 1. The molecule has 0 bridgehead atoms. The van der Waals surface area contributed by atoms with Crippen molar-refractivity contribution >= 4 is 28.9 Å². The highest BCUT2D eigenvalue weighted by atomic mass is 32.2. The number of methoxy groups -OCH3 is 1. The van der Waals surface area contributed by atoms with E-state index in [1.165, 1.54) is 11.3 Å². The van der Waals surface area contributed by atoms with Gasteiger partial charge in [0.25, 0.3) is 0 Å². The molecule has 0 saturated heterocycles. The first-order valence-electron chi connectivity index (χ1n) is 4.52. The lowest BCUT2D eigenvalue weighted by atomic mass is 10.3. The summed E-state index contributed by atoms with van der Waals surface area (Å²) in [6.45, 7) is 2.33. The number of thiophene rings is 1. The normalized spacial score (nSPS) is 10.4. The third-order valence-corrected chi connectivity index (χ3v) is 4.14. The van der Waals surface area contributed by atoms with Crippen molar-refractivity contribution in [3.63, 3.8) is 0 Å². The van der Waals surface area contributed by atoms with E-state index in [0.717, 1.165) is 17.1 Å². The van der Waals surface area contributed by atoms with Crippen molar-refractivity contribution < 1.29 is 9.53 Å². The lowest BCUT2D eigenvalue weighted by Gasteiger charge is -1.94. The Morgan fingerprint density at radius 3 is 3.00 bits per heavy atom. The third kappa shape index (κ3) is 3.44. The van der Waals surface area contributed by atoms with E-state index in [1.807, 2.05) is 12.1 Å². The number of hydrogen-bond acceptors (Lipinski definition) is 4. The molecule has 4 heteroatoms. The Morgan fingerprint density at radius 2 is 2.36 bits per heavy atom. The summed E-state index contributed by atoms with van der Waals surface area (Å²) in [5.74, 6) is 1.18. The summed E-state index contributed by atoms with van der Waals surface area (Å²) >= 11 is 3.36. The molecule has 1 heterocycles. The van der Waals surface area contributed by atoms with Crippen LogP contribution in [0.25, 0.3) is 0 Å². The highest BCUT2D eigenvalue weighted by Crippen LogP contribution is 2.27. The third-order valence-electron chi connectivity index (χ3n) is 1.58. The highest BCUT2D eigenvalue weighted by Gasteiger charge is 2.08. The molecular weight excluding hydrogens is 216 g/mol. The van der Waals surface area contributed by atoms with Crippen molar-refractivity contribution in [3.05, 3.63) is 17.0 Å². The molecule has 1 rings (SSSR count). The molecule has 14 heavy (non-hydrogen) atoms. The number of ketones is 1. The molecule has 2 nitrogen and oxygen atoms in total. The van der Waals surface area contributed by atoms with Gasteiger partial charge < -0.3 is 4.74 Å². The molecule has 0 atom stereocenters. The number of rotatable bonds is 6. The monoisotopic (exact) mass is 230 g/mol. The van der Waals surface area contributed by atoms with Crippen LogP contribution in [0.15, 0.2) is 16.3 Å². The molecule has 0 amide bonds. The second-order valence-electron chi connectivity index (χ2n) is 2.82. The second-order valence-corrected chi connectivity index (χ2v) is 5.30. The Hall–Kier alpha value is -0.320. The maximum absolute atomic E-state index is 11.4. The number of carbonyl (C=O) groups excluding carboxylic acids is 1. The van der Waals surface area contributed by atoms with Gasteiger partial charge in [-0.3, -0.25) is 4.79 Å². The van der Waals surface area contributed by atoms with E-state index >= 15 is 0 Å². The van der Waals surface area contributed by atoms with E-state index in [-0.39, 0.29) is 12.4 Å². The van der Waals surface area contributed by atoms with Crippen LogP contribution in [0.3, 0.4) is 0 Å². The first-order valence-corrected chi connectivity index (χ1v) is 6.33. The fourth-order valence-corrected chi connectivity index (χ4v) is 2.94. The minimum Gasteiger partial charge on any atom is -0.376 e. The van der Waals surface area contributed by atoms with Crippen LogP contribution in [0, 0.1) is 0 Å². The van der Waals surface area contributed by atoms with E-state index in [2.05, 4.69) is 6.92 Å². The molecule has 0 aliphatic rings. The summed E-state index contributed by atoms with van der Waals surface area (Å²) < 4.78 is 6.01. The Labute approximate surface area is 92.7 Å². The molecule has 0 radical (unpaired) electrons. The van der Waals surface area contributed by atoms with Gasteiger partial charge in [-0.05, 0) is 24.3 Å². The number of hydrogen-bond donors (Lipinski definition) is 0. The Morgan fingerprint density at radius 1 is 1.57 bits per heavy atom. The molecule has 1 aromatic rings. The quantitative estimate of drug-likeness (QED) is 0.555. The van der Waals surface area contributed by atoms with Gasteiger partial charge in [0, 0.05) is 7.11 Å². The average Bonchev–Trinajstić information content (AvgIpc) is 2.63. The zero-order chi connectivity index (χ0) is 10.4. The molecule has 0 aliphatic heterocycles. The summed E-state index contributed by atoms with van der Waals surface area (Å²) in [5, 5.41) is 0. The van der Waals surface area contributed by atoms with Gasteiger partial charge in [-0.25, -0.2) is 0 Å². The first-order chi connectivity index (χ1) is 6.77. The van der Waals surface area contributed by atoms with Gasteiger partial charge in [0.1, 0.15) is 6.61 Å². The number of ether oxygens (including phenoxy) is 1. The van der Waals surface area contributed by atoms with Gasteiger partial charge in [0.2, 0.25) is 0 Å². The van der Waals surface area contributed by atoms with E-state index in [0.29, 0.717) is 0 Å². The standard InChI is InChI=1S/C10H14O2S2/c1-3-6-13-10-5-4-9(14-10)8(11)7-12-2/h4-5H,3,6-7H2,1-2H3. The van der Waals surface area contributed by atoms with Gasteiger partial charge in [0.05, 0.1) is 9.09 Å². The van der Waals surface area contributed by atoms with Crippen molar-refractivity contribution in [1.82, 2.24) is 0 Å². The van der Waals surface area contributed by atoms with Gasteiger partial charge in [-0.15, -0.1) is 23.1 Å². The molecular formula is C10H14O2S2. The van der Waals surface area contributed by atoms with Crippen LogP contribution in [-0.2, 0) is 4.74 Å². The Balaban J connectivity index is 2.54. The van der Waals surface area contributed by atoms with Crippen LogP contribution < -0.4 is 0 Å². The maximum atomic E-state index is 11.4. The van der Waals surface area contributed by atoms with Gasteiger partial charge >= 0.3 is 0 Å². The molecule has 1 aromatic heterocycles. The van der Waals surface area contributed by atoms with Gasteiger partial charge in [0.15, 0.2) is 5.78 Å². The first kappa shape index (κ1) is 11.8. The molecule has 0 spiro atoms. The molecule has 0 unspecified atom stereocenters. The largest absolute Gasteiger partial charge is 0.376 e. The Bertz CT molecular complexity index is 294. The van der Waals surface area contributed by atoms with Gasteiger partial charge in [-0.2, -0.15) is 0 Å². The maximum Gasteiger partial charge on any atom is 0.198 e. The van der Waals surface area contributed by atoms with Crippen molar-refractivity contribution in [2.75, 3.05) is 19.5 Å². The predicted octanol–water partition coefficient (Wildman–Crippen LogP) is 3.08. The minimum atomic E-state index is 0.0702. The van der Waals surface area contributed by atoms with E-state index in [4.69, 9.17) is 4.74 Å². The summed E-state index contributed by atoms with van der Waals surface area (Å²) in [5.41, 5.74) is 0. The van der Waals surface area contributed by atoms with E-state index in [9.17, 15) is 4.79 Å². The van der Waals surface area contributed by atoms with Crippen molar-refractivity contribution in [2.24, 2.45) is 0 Å². The second kappa shape index (κ2) is 6.22. The van der Waals surface area contributed by atoms with Gasteiger partial charge in [-0.1, -0.05) is 6.92 Å². The van der Waals surface area contributed by atoms with Crippen LogP contribution in [0.2, 0.25) is 0 Å². The van der Waals surface area contributed by atoms with Crippen molar-refractivity contribution in [3.8, 4) is 0 Å². The van der Waals surface area contributed by atoms with Crippen LogP contribution in [0.5, 0.6) is 0 Å². The van der Waals surface area contributed by atoms with Crippen molar-refractivity contribution in [1.29, 1.82) is 0 Å². The van der Waals surface area contributed by atoms with Crippen LogP contribution in [0.1, 0.15) is 23.0 Å². The minimum absolute atomic E-state index is 0.0702. The smallest absolute Gasteiger partial charge is 0.198 e. The van der Waals surface area contributed by atoms with Crippen LogP contribution in [-0.4, -0.2) is 25.3 Å². The Kier molecular flexibility index (Phi) is 5.22. The highest BCUT2D eigenvalue weighted by molar-refractivity contribution is 8.01. The summed E-state index contributed by atoms with van der Waals surface area (Å²) in [4.78, 5) is 12.2. The zero-order valence-corrected chi connectivity index (χ0v) is 10.0. The molecule has 78 valence electrons. The fraction of sp³-hybridized carbons (Fsp3) is 0.500. The van der Waals surface area contributed by atoms with Crippen molar-refractivity contribution in [2.45, 2.75) is 17.6 Å². The van der Waals surface area contributed by atoms with E-state index in [1.54, 1.807) is 23.1 Å². The fourth-order valence-electron chi connectivity index (χ4n) is 0.952. The lowest BCUT2D eigenvalue weighted by Crippen LogP contribution is -2.04. The molecule has 0 aromatic carbocycles. The number of carbonyl (C=O) groups is 1. The number of thioether (sulfide) groups is 1. The molecule has 0 fully saturated rings.